The van der Waals surface area contributed by atoms with Gasteiger partial charge in [0.25, 0.3) is 0 Å². The molecule has 1 aromatic heterocycles. The van der Waals surface area contributed by atoms with Crippen molar-refractivity contribution >= 4 is 5.97 Å². The average molecular weight is 467 g/mol. The second-order valence-electron chi connectivity index (χ2n) is 7.47. The van der Waals surface area contributed by atoms with E-state index < -0.39 is 17.7 Å². The van der Waals surface area contributed by atoms with Gasteiger partial charge in [-0.25, -0.2) is 4.98 Å². The molecule has 8 heteroatoms. The Morgan fingerprint density at radius 2 is 1.21 bits per heavy atom. The molecular formula is C26H24F3N3O2. The van der Waals surface area contributed by atoms with E-state index in [2.05, 4.69) is 112 Å². The molecule has 3 N–H and O–H groups in total. The Balaban J connectivity index is 0.000000406. The van der Waals surface area contributed by atoms with Crippen LogP contribution in [0.4, 0.5) is 13.2 Å². The third-order valence-electron chi connectivity index (χ3n) is 5.26. The lowest BCUT2D eigenvalue weighted by molar-refractivity contribution is -0.366. The van der Waals surface area contributed by atoms with Crippen molar-refractivity contribution in [3.05, 3.63) is 126 Å². The maximum absolute atomic E-state index is 10.5. The second-order valence-corrected chi connectivity index (χ2v) is 7.47. The summed E-state index contributed by atoms with van der Waals surface area (Å²) >= 11 is 0. The zero-order valence-corrected chi connectivity index (χ0v) is 18.3. The van der Waals surface area contributed by atoms with Gasteiger partial charge in [-0.1, -0.05) is 91.0 Å². The van der Waals surface area contributed by atoms with Crippen LogP contribution < -0.4 is 10.8 Å². The van der Waals surface area contributed by atoms with Crippen LogP contribution in [0.25, 0.3) is 0 Å². The van der Waals surface area contributed by atoms with Crippen molar-refractivity contribution in [2.75, 3.05) is 6.54 Å². The first kappa shape index (κ1) is 24.7. The standard InChI is InChI=1S/C24H23N3.C2HF3O2/c25-17-16-23-18-27(19-26-23)24(20-10-4-1-5-11-20,21-12-6-2-7-13-21)22-14-8-3-9-15-22;3-2(4,5)1(6)7/h1-15,18-19H,16-17,25H2;(H,6,7). The number of rotatable bonds is 6. The number of hydrogen-bond donors (Lipinski definition) is 1. The van der Waals surface area contributed by atoms with Gasteiger partial charge in [0.2, 0.25) is 0 Å². The van der Waals surface area contributed by atoms with Gasteiger partial charge in [0.1, 0.15) is 11.5 Å². The highest BCUT2D eigenvalue weighted by Gasteiger charge is 2.38. The molecule has 4 rings (SSSR count). The van der Waals surface area contributed by atoms with Gasteiger partial charge in [-0.2, -0.15) is 13.2 Å². The normalized spacial score (nSPS) is 11.4. The Labute approximate surface area is 195 Å². The lowest BCUT2D eigenvalue weighted by Gasteiger charge is -2.37. The zero-order chi connectivity index (χ0) is 24.6. The second kappa shape index (κ2) is 10.8. The van der Waals surface area contributed by atoms with Gasteiger partial charge in [-0.15, -0.1) is 0 Å². The first-order chi connectivity index (χ1) is 16.3. The predicted molar refractivity (Wildman–Crippen MR) is 119 cm³/mol. The third-order valence-corrected chi connectivity index (χ3v) is 5.26. The lowest BCUT2D eigenvalue weighted by atomic mass is 9.77. The SMILES string of the molecule is O=C([O-])C(F)(F)F.[NH3+]CCc1cn(C(c2ccccc2)(c2ccccc2)c2ccccc2)cn1. The number of hydrogen-bond acceptors (Lipinski definition) is 3. The molecule has 0 bridgehead atoms. The molecule has 1 heterocycles. The minimum absolute atomic E-state index is 0.476. The fourth-order valence-corrected chi connectivity index (χ4v) is 3.84. The number of carbonyl (C=O) groups excluding carboxylic acids is 1. The fourth-order valence-electron chi connectivity index (χ4n) is 3.84. The molecule has 0 saturated carbocycles. The molecule has 5 nitrogen and oxygen atoms in total. The van der Waals surface area contributed by atoms with Crippen LogP contribution in [0, 0.1) is 0 Å². The van der Waals surface area contributed by atoms with E-state index in [0.717, 1.165) is 18.7 Å². The minimum atomic E-state index is -5.19. The van der Waals surface area contributed by atoms with E-state index in [1.54, 1.807) is 0 Å². The largest absolute Gasteiger partial charge is 0.542 e. The van der Waals surface area contributed by atoms with Crippen molar-refractivity contribution in [1.82, 2.24) is 9.55 Å². The van der Waals surface area contributed by atoms with Crippen molar-refractivity contribution in [3.8, 4) is 0 Å². The van der Waals surface area contributed by atoms with Crippen molar-refractivity contribution < 1.29 is 28.8 Å². The maximum Gasteiger partial charge on any atom is 0.430 e. The van der Waals surface area contributed by atoms with Gasteiger partial charge >= 0.3 is 6.18 Å². The van der Waals surface area contributed by atoms with Gasteiger partial charge in [0, 0.05) is 12.6 Å². The number of carbonyl (C=O) groups is 1. The van der Waals surface area contributed by atoms with E-state index in [9.17, 15) is 13.2 Å². The van der Waals surface area contributed by atoms with Crippen LogP contribution in [0.5, 0.6) is 0 Å². The molecule has 176 valence electrons. The summed E-state index contributed by atoms with van der Waals surface area (Å²) in [6, 6.07) is 32.0. The summed E-state index contributed by atoms with van der Waals surface area (Å²) in [6.07, 6.45) is -0.197. The molecule has 4 aromatic rings. The Morgan fingerprint density at radius 3 is 1.53 bits per heavy atom. The van der Waals surface area contributed by atoms with E-state index in [0.29, 0.717) is 0 Å². The summed E-state index contributed by atoms with van der Waals surface area (Å²) in [4.78, 5) is 13.5. The minimum Gasteiger partial charge on any atom is -0.542 e. The molecule has 0 aliphatic carbocycles. The first-order valence-electron chi connectivity index (χ1n) is 10.6. The van der Waals surface area contributed by atoms with Gasteiger partial charge in [-0.05, 0) is 16.7 Å². The molecule has 0 amide bonds. The van der Waals surface area contributed by atoms with Gasteiger partial charge in [-0.3, -0.25) is 0 Å². The van der Waals surface area contributed by atoms with Crippen LogP contribution in [0.3, 0.4) is 0 Å². The van der Waals surface area contributed by atoms with Crippen LogP contribution >= 0.6 is 0 Å². The molecule has 0 saturated heterocycles. The van der Waals surface area contributed by atoms with Crippen molar-refractivity contribution in [3.63, 3.8) is 0 Å². The van der Waals surface area contributed by atoms with E-state index >= 15 is 0 Å². The monoisotopic (exact) mass is 467 g/mol. The molecule has 3 aromatic carbocycles. The number of carboxylic acid groups (broad SMARTS) is 1. The number of imidazole rings is 1. The Kier molecular flexibility index (Phi) is 7.86. The molecule has 0 atom stereocenters. The third kappa shape index (κ3) is 5.35. The van der Waals surface area contributed by atoms with Gasteiger partial charge < -0.3 is 20.2 Å². The van der Waals surface area contributed by atoms with E-state index in [-0.39, 0.29) is 0 Å². The number of nitrogens with zero attached hydrogens (tertiary/aromatic N) is 2. The average Bonchev–Trinajstić information content (AvgIpc) is 3.31. The Morgan fingerprint density at radius 1 is 0.824 bits per heavy atom. The van der Waals surface area contributed by atoms with Crippen molar-refractivity contribution in [2.45, 2.75) is 18.1 Å². The molecular weight excluding hydrogens is 443 g/mol. The zero-order valence-electron chi connectivity index (χ0n) is 18.3. The molecule has 0 aliphatic heterocycles. The highest BCUT2D eigenvalue weighted by atomic mass is 19.4. The van der Waals surface area contributed by atoms with Crippen molar-refractivity contribution in [2.24, 2.45) is 0 Å². The molecule has 34 heavy (non-hydrogen) atoms. The summed E-state index contributed by atoms with van der Waals surface area (Å²) in [5.41, 5.74) is 8.20. The molecule has 0 spiro atoms. The smallest absolute Gasteiger partial charge is 0.430 e. The predicted octanol–water partition coefficient (Wildman–Crippen LogP) is 2.81. The molecule has 0 radical (unpaired) electrons. The number of alkyl halides is 3. The lowest BCUT2D eigenvalue weighted by Crippen LogP contribution is -2.51. The van der Waals surface area contributed by atoms with Crippen LogP contribution in [0.2, 0.25) is 0 Å². The summed E-state index contributed by atoms with van der Waals surface area (Å²) in [5.74, 6) is -3.01. The fraction of sp³-hybridized carbons (Fsp3) is 0.154. The van der Waals surface area contributed by atoms with Crippen molar-refractivity contribution in [1.29, 1.82) is 0 Å². The molecule has 0 fully saturated rings. The Bertz CT molecular complexity index is 1080. The highest BCUT2D eigenvalue weighted by Crippen LogP contribution is 2.40. The summed E-state index contributed by atoms with van der Waals surface area (Å²) in [7, 11) is 0. The topological polar surface area (TPSA) is 85.6 Å². The maximum atomic E-state index is 10.5. The van der Waals surface area contributed by atoms with Crippen LogP contribution in [-0.4, -0.2) is 28.2 Å². The van der Waals surface area contributed by atoms with E-state index in [4.69, 9.17) is 9.90 Å². The number of halogens is 3. The summed E-state index contributed by atoms with van der Waals surface area (Å²) in [5, 5.41) is 8.78. The highest BCUT2D eigenvalue weighted by molar-refractivity contribution is 5.70. The van der Waals surface area contributed by atoms with Gasteiger partial charge in [0.15, 0.2) is 0 Å². The summed E-state index contributed by atoms with van der Waals surface area (Å²) in [6.45, 7) is 0.839. The van der Waals surface area contributed by atoms with E-state index in [1.807, 2.05) is 6.33 Å². The molecule has 0 unspecified atom stereocenters. The Hall–Kier alpha value is -3.91. The van der Waals surface area contributed by atoms with E-state index in [1.165, 1.54) is 16.7 Å². The number of aromatic nitrogens is 2. The van der Waals surface area contributed by atoms with Crippen LogP contribution in [0.1, 0.15) is 22.4 Å². The van der Waals surface area contributed by atoms with Crippen LogP contribution in [0.15, 0.2) is 104 Å². The summed E-state index contributed by atoms with van der Waals surface area (Å²) < 4.78 is 33.8. The number of quaternary nitrogens is 1. The van der Waals surface area contributed by atoms with Gasteiger partial charge in [0.05, 0.1) is 18.6 Å². The first-order valence-corrected chi connectivity index (χ1v) is 10.6. The number of carboxylic acids is 1. The quantitative estimate of drug-likeness (QED) is 0.443. The number of aliphatic carboxylic acids is 1. The molecule has 0 aliphatic rings. The number of benzene rings is 3. The van der Waals surface area contributed by atoms with Crippen LogP contribution in [-0.2, 0) is 16.8 Å².